The standard InChI is InChI=1S/C6H4N2S2.2ClH/c1-3-9-5(7-1)6-8-2-4-10-6;;/h1-4H;2*1H. The first kappa shape index (κ1) is 11.8. The first-order valence-corrected chi connectivity index (χ1v) is 4.52. The van der Waals surface area contributed by atoms with E-state index in [1.807, 2.05) is 10.8 Å². The highest BCUT2D eigenvalue weighted by molar-refractivity contribution is 7.19. The summed E-state index contributed by atoms with van der Waals surface area (Å²) in [6, 6.07) is 0. The Balaban J connectivity index is -0.000000302. The molecule has 12 heavy (non-hydrogen) atoms. The zero-order valence-corrected chi connectivity index (χ0v) is 8.92. The molecule has 0 fully saturated rings. The van der Waals surface area contributed by atoms with Gasteiger partial charge in [-0.2, -0.15) is 0 Å². The fourth-order valence-corrected chi connectivity index (χ4v) is 2.00. The Kier molecular flexibility index (Phi) is 5.41. The third-order valence-electron chi connectivity index (χ3n) is 1.05. The molecule has 0 aliphatic carbocycles. The molecule has 2 aromatic rings. The highest BCUT2D eigenvalue weighted by atomic mass is 35.5. The molecule has 2 nitrogen and oxygen atoms in total. The molecule has 2 rings (SSSR count). The number of rotatable bonds is 1. The Morgan fingerprint density at radius 1 is 0.917 bits per heavy atom. The lowest BCUT2D eigenvalue weighted by molar-refractivity contribution is -0.001000. The largest absolute Gasteiger partial charge is 1.00 e. The van der Waals surface area contributed by atoms with E-state index >= 15 is 0 Å². The molecule has 0 bridgehead atoms. The number of aromatic nitrogens is 2. The van der Waals surface area contributed by atoms with E-state index in [1.54, 1.807) is 35.1 Å². The van der Waals surface area contributed by atoms with Gasteiger partial charge in [-0.15, -0.1) is 22.7 Å². The van der Waals surface area contributed by atoms with Crippen molar-refractivity contribution >= 4 is 22.7 Å². The summed E-state index contributed by atoms with van der Waals surface area (Å²) in [6.07, 6.45) is 3.59. The van der Waals surface area contributed by atoms with Gasteiger partial charge in [0.15, 0.2) is 10.0 Å². The zero-order valence-electron chi connectivity index (χ0n) is 7.78. The van der Waals surface area contributed by atoms with Crippen LogP contribution in [0.5, 0.6) is 0 Å². The Hall–Kier alpha value is -0.160. The molecule has 0 unspecified atom stereocenters. The average Bonchev–Trinajstić information content (AvgIpc) is 2.59. The first-order chi connectivity index (χ1) is 4.97. The first-order valence-electron chi connectivity index (χ1n) is 2.76. The molecular weight excluding hydrogens is 235 g/mol. The molecule has 0 aromatic carbocycles. The molecular formula is C6H6Cl2N2S2. The molecule has 0 amide bonds. The maximum absolute atomic E-state index is 4.13. The van der Waals surface area contributed by atoms with Crippen LogP contribution in [-0.2, 0) is 0 Å². The van der Waals surface area contributed by atoms with Crippen molar-refractivity contribution in [1.29, 1.82) is 0 Å². The molecule has 0 spiro atoms. The van der Waals surface area contributed by atoms with Gasteiger partial charge < -0.3 is 24.8 Å². The quantitative estimate of drug-likeness (QED) is 0.518. The minimum atomic E-state index is 0. The number of hydrogen-bond acceptors (Lipinski definition) is 4. The van der Waals surface area contributed by atoms with Crippen molar-refractivity contribution in [2.24, 2.45) is 0 Å². The van der Waals surface area contributed by atoms with Crippen molar-refractivity contribution in [2.45, 2.75) is 0 Å². The van der Waals surface area contributed by atoms with E-state index in [0.717, 1.165) is 10.0 Å². The van der Waals surface area contributed by atoms with Crippen LogP contribution in [-0.4, -0.2) is 9.97 Å². The molecule has 0 saturated carbocycles. The van der Waals surface area contributed by atoms with Crippen LogP contribution >= 0.6 is 22.7 Å². The monoisotopic (exact) mass is 240 g/mol. The average molecular weight is 241 g/mol. The topological polar surface area (TPSA) is 25.8 Å². The maximum atomic E-state index is 4.13. The summed E-state index contributed by atoms with van der Waals surface area (Å²) >= 11 is 3.23. The van der Waals surface area contributed by atoms with Crippen LogP contribution in [0.4, 0.5) is 0 Å². The fourth-order valence-electron chi connectivity index (χ4n) is 0.658. The van der Waals surface area contributed by atoms with Gasteiger partial charge in [-0.05, 0) is 0 Å². The number of thiazole rings is 2. The van der Waals surface area contributed by atoms with E-state index in [-0.39, 0.29) is 27.7 Å². The molecule has 6 heteroatoms. The summed E-state index contributed by atoms with van der Waals surface area (Å²) in [7, 11) is 0. The molecule has 0 aliphatic rings. The summed E-state index contributed by atoms with van der Waals surface area (Å²) in [4.78, 5) is 8.25. The maximum Gasteiger partial charge on any atom is 1.00 e. The summed E-state index contributed by atoms with van der Waals surface area (Å²) in [6.45, 7) is 0. The van der Waals surface area contributed by atoms with Crippen molar-refractivity contribution < 1.29 is 27.7 Å². The highest BCUT2D eigenvalue weighted by Crippen LogP contribution is 2.22. The van der Waals surface area contributed by atoms with Gasteiger partial charge in [-0.3, -0.25) is 0 Å². The Morgan fingerprint density at radius 3 is 1.58 bits per heavy atom. The smallest absolute Gasteiger partial charge is 1.00 e. The van der Waals surface area contributed by atoms with Crippen molar-refractivity contribution in [3.63, 3.8) is 0 Å². The van der Waals surface area contributed by atoms with Crippen molar-refractivity contribution in [3.05, 3.63) is 23.2 Å². The summed E-state index contributed by atoms with van der Waals surface area (Å²) in [5.41, 5.74) is 0. The van der Waals surface area contributed by atoms with E-state index in [0.29, 0.717) is 0 Å². The van der Waals surface area contributed by atoms with Gasteiger partial charge in [0.2, 0.25) is 0 Å². The number of halogens is 2. The van der Waals surface area contributed by atoms with Gasteiger partial charge in [0.25, 0.3) is 0 Å². The van der Waals surface area contributed by atoms with E-state index in [4.69, 9.17) is 0 Å². The minimum absolute atomic E-state index is 0. The third-order valence-corrected chi connectivity index (χ3v) is 2.74. The Morgan fingerprint density at radius 2 is 1.33 bits per heavy atom. The van der Waals surface area contributed by atoms with Crippen LogP contribution in [0, 0.1) is 0 Å². The van der Waals surface area contributed by atoms with E-state index in [1.165, 1.54) is 0 Å². The summed E-state index contributed by atoms with van der Waals surface area (Å²) in [5, 5.41) is 5.93. The van der Waals surface area contributed by atoms with Crippen LogP contribution in [0.15, 0.2) is 23.2 Å². The second kappa shape index (κ2) is 5.48. The van der Waals surface area contributed by atoms with Crippen LogP contribution < -0.4 is 24.8 Å². The van der Waals surface area contributed by atoms with Crippen LogP contribution in [0.2, 0.25) is 0 Å². The lowest BCUT2D eigenvalue weighted by Crippen LogP contribution is -3.00. The van der Waals surface area contributed by atoms with Crippen molar-refractivity contribution in [2.75, 3.05) is 0 Å². The Labute approximate surface area is 93.5 Å². The fraction of sp³-hybridized carbons (Fsp3) is 0. The highest BCUT2D eigenvalue weighted by Gasteiger charge is 2.00. The van der Waals surface area contributed by atoms with Crippen LogP contribution in [0.3, 0.4) is 0 Å². The molecule has 0 saturated heterocycles. The van der Waals surface area contributed by atoms with Crippen molar-refractivity contribution in [1.82, 2.24) is 9.97 Å². The number of nitrogens with zero attached hydrogens (tertiary/aromatic N) is 2. The van der Waals surface area contributed by atoms with E-state index in [2.05, 4.69) is 9.97 Å². The van der Waals surface area contributed by atoms with Gasteiger partial charge in [-0.25, -0.2) is 9.97 Å². The predicted octanol–water partition coefficient (Wildman–Crippen LogP) is -3.50. The Bertz CT molecular complexity index is 269. The van der Waals surface area contributed by atoms with E-state index < -0.39 is 0 Å². The third kappa shape index (κ3) is 2.42. The normalized spacial score (nSPS) is 8.33. The molecule has 2 aromatic heterocycles. The van der Waals surface area contributed by atoms with Gasteiger partial charge in [0, 0.05) is 23.2 Å². The summed E-state index contributed by atoms with van der Waals surface area (Å²) < 4.78 is 0. The molecule has 66 valence electrons. The summed E-state index contributed by atoms with van der Waals surface area (Å²) in [5.74, 6) is 0. The lowest BCUT2D eigenvalue weighted by Gasteiger charge is -1.81. The van der Waals surface area contributed by atoms with E-state index in [9.17, 15) is 0 Å². The molecule has 0 N–H and O–H groups in total. The van der Waals surface area contributed by atoms with Crippen molar-refractivity contribution in [3.8, 4) is 10.0 Å². The number of hydrogen-bond donors (Lipinski definition) is 0. The second-order valence-electron chi connectivity index (χ2n) is 1.67. The van der Waals surface area contributed by atoms with Gasteiger partial charge >= 0.3 is 2.85 Å². The van der Waals surface area contributed by atoms with Gasteiger partial charge in [0.05, 0.1) is 0 Å². The lowest BCUT2D eigenvalue weighted by atomic mass is 10.7. The SMILES string of the molecule is [Cl-].[Cl-].[H+].[H+].c1csc(-c2nccs2)n1. The van der Waals surface area contributed by atoms with Crippen LogP contribution in [0.25, 0.3) is 10.0 Å². The minimum Gasteiger partial charge on any atom is -1.00 e. The van der Waals surface area contributed by atoms with Crippen LogP contribution in [0.1, 0.15) is 2.85 Å². The molecule has 0 aliphatic heterocycles. The predicted molar refractivity (Wildman–Crippen MR) is 45.4 cm³/mol. The van der Waals surface area contributed by atoms with Gasteiger partial charge in [-0.1, -0.05) is 0 Å². The van der Waals surface area contributed by atoms with Gasteiger partial charge in [0.1, 0.15) is 0 Å². The second-order valence-corrected chi connectivity index (χ2v) is 3.46. The molecule has 0 atom stereocenters. The zero-order chi connectivity index (χ0) is 6.81. The molecule has 2 heterocycles. The molecule has 0 radical (unpaired) electrons.